The van der Waals surface area contributed by atoms with Gasteiger partial charge in [0.05, 0.1) is 20.1 Å². The fraction of sp³-hybridized carbons (Fsp3) is 0.400. The zero-order valence-electron chi connectivity index (χ0n) is 15.3. The molecule has 6 heteroatoms. The minimum absolute atomic E-state index is 0.0634. The maximum atomic E-state index is 11.8. The van der Waals surface area contributed by atoms with Gasteiger partial charge in [-0.25, -0.2) is 0 Å². The molecule has 1 aliphatic heterocycles. The number of carbonyl (C=O) groups is 1. The molecule has 1 aliphatic rings. The number of ether oxygens (including phenoxy) is 2. The number of hydrogen-bond donors (Lipinski definition) is 1. The van der Waals surface area contributed by atoms with Gasteiger partial charge in [0.25, 0.3) is 0 Å². The molecule has 0 radical (unpaired) electrons. The molecule has 2 aromatic rings. The number of methoxy groups -OCH3 is 2. The van der Waals surface area contributed by atoms with Gasteiger partial charge in [-0.05, 0) is 24.6 Å². The van der Waals surface area contributed by atoms with Crippen molar-refractivity contribution in [2.24, 2.45) is 5.92 Å². The van der Waals surface area contributed by atoms with Crippen molar-refractivity contribution in [3.8, 4) is 11.5 Å². The molecule has 138 valence electrons. The van der Waals surface area contributed by atoms with Crippen molar-refractivity contribution in [2.45, 2.75) is 19.4 Å². The first-order valence-electron chi connectivity index (χ1n) is 8.60. The van der Waals surface area contributed by atoms with Gasteiger partial charge in [-0.1, -0.05) is 12.1 Å². The SMILES string of the molecule is COc1ccc(CN2C[C@@H](C(=O)O)[C@H](c3cccnc3)C2)c(OC)c1C. The molecular weight excluding hydrogens is 332 g/mol. The van der Waals surface area contributed by atoms with E-state index in [0.29, 0.717) is 19.6 Å². The lowest BCUT2D eigenvalue weighted by atomic mass is 9.90. The van der Waals surface area contributed by atoms with Crippen LogP contribution < -0.4 is 9.47 Å². The Kier molecular flexibility index (Phi) is 5.42. The second-order valence-electron chi connectivity index (χ2n) is 6.62. The Balaban J connectivity index is 1.83. The van der Waals surface area contributed by atoms with Gasteiger partial charge in [-0.15, -0.1) is 0 Å². The minimum atomic E-state index is -0.765. The summed E-state index contributed by atoms with van der Waals surface area (Å²) < 4.78 is 10.9. The highest BCUT2D eigenvalue weighted by atomic mass is 16.5. The average molecular weight is 356 g/mol. The Morgan fingerprint density at radius 2 is 2.08 bits per heavy atom. The van der Waals surface area contributed by atoms with Gasteiger partial charge < -0.3 is 14.6 Å². The molecule has 6 nitrogen and oxygen atoms in total. The molecule has 1 fully saturated rings. The van der Waals surface area contributed by atoms with E-state index in [4.69, 9.17) is 9.47 Å². The van der Waals surface area contributed by atoms with Gasteiger partial charge in [0.2, 0.25) is 0 Å². The van der Waals surface area contributed by atoms with Crippen molar-refractivity contribution in [1.29, 1.82) is 0 Å². The maximum Gasteiger partial charge on any atom is 0.308 e. The molecule has 0 amide bonds. The van der Waals surface area contributed by atoms with Crippen molar-refractivity contribution in [1.82, 2.24) is 9.88 Å². The smallest absolute Gasteiger partial charge is 0.308 e. The molecule has 1 aromatic heterocycles. The predicted molar refractivity (Wildman–Crippen MR) is 97.7 cm³/mol. The molecule has 0 saturated carbocycles. The van der Waals surface area contributed by atoms with Gasteiger partial charge in [0, 0.05) is 49.1 Å². The second kappa shape index (κ2) is 7.74. The third-order valence-electron chi connectivity index (χ3n) is 5.08. The lowest BCUT2D eigenvalue weighted by Crippen LogP contribution is -2.23. The molecule has 1 N–H and O–H groups in total. The fourth-order valence-corrected chi connectivity index (χ4v) is 3.80. The Morgan fingerprint density at radius 3 is 2.69 bits per heavy atom. The van der Waals surface area contributed by atoms with E-state index in [1.54, 1.807) is 26.6 Å². The number of aliphatic carboxylic acids is 1. The molecule has 26 heavy (non-hydrogen) atoms. The summed E-state index contributed by atoms with van der Waals surface area (Å²) in [5, 5.41) is 9.65. The normalized spacial score (nSPS) is 20.1. The van der Waals surface area contributed by atoms with E-state index >= 15 is 0 Å². The van der Waals surface area contributed by atoms with Gasteiger partial charge in [0.1, 0.15) is 11.5 Å². The highest BCUT2D eigenvalue weighted by molar-refractivity contribution is 5.72. The molecule has 2 heterocycles. The maximum absolute atomic E-state index is 11.8. The molecule has 0 unspecified atom stereocenters. The van der Waals surface area contributed by atoms with Crippen LogP contribution in [0, 0.1) is 12.8 Å². The molecule has 0 aliphatic carbocycles. The van der Waals surface area contributed by atoms with Crippen LogP contribution in [0.3, 0.4) is 0 Å². The summed E-state index contributed by atoms with van der Waals surface area (Å²) in [5.74, 6) is 0.306. The van der Waals surface area contributed by atoms with Crippen LogP contribution in [0.2, 0.25) is 0 Å². The first-order valence-corrected chi connectivity index (χ1v) is 8.60. The van der Waals surface area contributed by atoms with Crippen LogP contribution in [0.1, 0.15) is 22.6 Å². The quantitative estimate of drug-likeness (QED) is 0.858. The zero-order valence-corrected chi connectivity index (χ0v) is 15.3. The Hall–Kier alpha value is -2.60. The summed E-state index contributed by atoms with van der Waals surface area (Å²) >= 11 is 0. The van der Waals surface area contributed by atoms with Gasteiger partial charge >= 0.3 is 5.97 Å². The Labute approximate surface area is 153 Å². The third-order valence-corrected chi connectivity index (χ3v) is 5.08. The number of carboxylic acids is 1. The van der Waals surface area contributed by atoms with Crippen LogP contribution >= 0.6 is 0 Å². The lowest BCUT2D eigenvalue weighted by Gasteiger charge is -2.20. The molecule has 0 bridgehead atoms. The molecular formula is C20H24N2O4. The van der Waals surface area contributed by atoms with Crippen molar-refractivity contribution in [2.75, 3.05) is 27.3 Å². The number of pyridine rings is 1. The van der Waals surface area contributed by atoms with Crippen molar-refractivity contribution < 1.29 is 19.4 Å². The summed E-state index contributed by atoms with van der Waals surface area (Å²) in [5.41, 5.74) is 2.95. The van der Waals surface area contributed by atoms with Crippen LogP contribution in [0.25, 0.3) is 0 Å². The highest BCUT2D eigenvalue weighted by Crippen LogP contribution is 2.36. The van der Waals surface area contributed by atoms with E-state index in [9.17, 15) is 9.90 Å². The molecule has 3 rings (SSSR count). The first kappa shape index (κ1) is 18.2. The first-order chi connectivity index (χ1) is 12.5. The Bertz CT molecular complexity index is 779. The molecule has 0 spiro atoms. The lowest BCUT2D eigenvalue weighted by molar-refractivity contribution is -0.141. The zero-order chi connectivity index (χ0) is 18.7. The molecule has 2 atom stereocenters. The minimum Gasteiger partial charge on any atom is -0.496 e. The van der Waals surface area contributed by atoms with E-state index in [0.717, 1.165) is 28.2 Å². The van der Waals surface area contributed by atoms with Crippen LogP contribution in [-0.4, -0.2) is 48.3 Å². The molecule has 1 saturated heterocycles. The third kappa shape index (κ3) is 3.51. The van der Waals surface area contributed by atoms with Crippen molar-refractivity contribution in [3.63, 3.8) is 0 Å². The van der Waals surface area contributed by atoms with E-state index in [2.05, 4.69) is 9.88 Å². The largest absolute Gasteiger partial charge is 0.496 e. The topological polar surface area (TPSA) is 71.9 Å². The van der Waals surface area contributed by atoms with Crippen LogP contribution in [-0.2, 0) is 11.3 Å². The summed E-state index contributed by atoms with van der Waals surface area (Å²) in [6.45, 7) is 3.78. The number of benzene rings is 1. The van der Waals surface area contributed by atoms with Crippen molar-refractivity contribution in [3.05, 3.63) is 53.3 Å². The number of aromatic nitrogens is 1. The summed E-state index contributed by atoms with van der Waals surface area (Å²) in [7, 11) is 3.28. The predicted octanol–water partition coefficient (Wildman–Crippen LogP) is 2.71. The van der Waals surface area contributed by atoms with Crippen LogP contribution in [0.4, 0.5) is 0 Å². The number of likely N-dealkylation sites (tertiary alicyclic amines) is 1. The van der Waals surface area contributed by atoms with E-state index in [1.807, 2.05) is 31.2 Å². The molecule has 1 aromatic carbocycles. The number of carboxylic acid groups (broad SMARTS) is 1. The van der Waals surface area contributed by atoms with Gasteiger partial charge in [-0.3, -0.25) is 14.7 Å². The summed E-state index contributed by atoms with van der Waals surface area (Å²) in [4.78, 5) is 18.1. The van der Waals surface area contributed by atoms with Gasteiger partial charge in [0.15, 0.2) is 0 Å². The Morgan fingerprint density at radius 1 is 1.27 bits per heavy atom. The second-order valence-corrected chi connectivity index (χ2v) is 6.62. The van der Waals surface area contributed by atoms with Crippen LogP contribution in [0.5, 0.6) is 11.5 Å². The number of nitrogens with zero attached hydrogens (tertiary/aromatic N) is 2. The highest BCUT2D eigenvalue weighted by Gasteiger charge is 2.38. The van der Waals surface area contributed by atoms with Crippen LogP contribution in [0.15, 0.2) is 36.7 Å². The summed E-state index contributed by atoms with van der Waals surface area (Å²) in [6.07, 6.45) is 3.47. The fourth-order valence-electron chi connectivity index (χ4n) is 3.80. The average Bonchev–Trinajstić information content (AvgIpc) is 3.07. The van der Waals surface area contributed by atoms with E-state index in [-0.39, 0.29) is 5.92 Å². The summed E-state index contributed by atoms with van der Waals surface area (Å²) in [6, 6.07) is 7.72. The number of hydrogen-bond acceptors (Lipinski definition) is 5. The standard InChI is InChI=1S/C20H24N2O4/c1-13-18(25-2)7-6-15(19(13)26-3)10-22-11-16(17(12-22)20(23)24)14-5-4-8-21-9-14/h4-9,16-17H,10-12H2,1-3H3,(H,23,24)/t16-,17+/m0/s1. The number of rotatable bonds is 6. The van der Waals surface area contributed by atoms with Gasteiger partial charge in [-0.2, -0.15) is 0 Å². The van der Waals surface area contributed by atoms with E-state index < -0.39 is 11.9 Å². The van der Waals surface area contributed by atoms with Crippen molar-refractivity contribution >= 4 is 5.97 Å². The van der Waals surface area contributed by atoms with E-state index in [1.165, 1.54) is 0 Å². The monoisotopic (exact) mass is 356 g/mol.